The Morgan fingerprint density at radius 2 is 1.58 bits per heavy atom. The molecule has 0 saturated heterocycles. The van der Waals surface area contributed by atoms with Crippen LogP contribution in [0.1, 0.15) is 26.3 Å². The highest BCUT2D eigenvalue weighted by atomic mass is 35.5. The monoisotopic (exact) mass is 458 g/mol. The standard InChI is InChI=1S/C26H19ClN2O4/c1-32-24-14-17(6-13-23(24)33-26(31)19-9-11-22(27)12-10-19)16-28-29-25(30)21-8-7-18-4-2-3-5-20(18)15-21/h2-16H,1H3,(H,29,30)/b28-16-. The molecule has 0 unspecified atom stereocenters. The second kappa shape index (κ2) is 9.97. The Bertz CT molecular complexity index is 1350. The molecule has 0 bridgehead atoms. The van der Waals surface area contributed by atoms with Crippen LogP contribution in [-0.4, -0.2) is 25.2 Å². The van der Waals surface area contributed by atoms with E-state index >= 15 is 0 Å². The molecule has 0 aliphatic rings. The first kappa shape index (κ1) is 22.0. The Morgan fingerprint density at radius 3 is 2.33 bits per heavy atom. The van der Waals surface area contributed by atoms with Gasteiger partial charge >= 0.3 is 5.97 Å². The van der Waals surface area contributed by atoms with Gasteiger partial charge in [-0.1, -0.05) is 41.9 Å². The van der Waals surface area contributed by atoms with E-state index in [0.717, 1.165) is 10.8 Å². The molecule has 4 aromatic rings. The van der Waals surface area contributed by atoms with Gasteiger partial charge in [-0.25, -0.2) is 10.2 Å². The van der Waals surface area contributed by atoms with Gasteiger partial charge in [-0.3, -0.25) is 4.79 Å². The Hall–Kier alpha value is -4.16. The summed E-state index contributed by atoms with van der Waals surface area (Å²) in [6.07, 6.45) is 1.48. The maximum atomic E-state index is 12.4. The number of carbonyl (C=O) groups is 2. The molecule has 0 aliphatic heterocycles. The topological polar surface area (TPSA) is 77.0 Å². The zero-order valence-corrected chi connectivity index (χ0v) is 18.4. The number of halogens is 1. The lowest BCUT2D eigenvalue weighted by Gasteiger charge is -2.10. The Balaban J connectivity index is 1.42. The van der Waals surface area contributed by atoms with Gasteiger partial charge in [0.25, 0.3) is 5.91 Å². The average molecular weight is 459 g/mol. The average Bonchev–Trinajstić information content (AvgIpc) is 2.84. The molecular weight excluding hydrogens is 440 g/mol. The van der Waals surface area contributed by atoms with Crippen LogP contribution in [0.15, 0.2) is 90.0 Å². The van der Waals surface area contributed by atoms with Crippen molar-refractivity contribution in [2.24, 2.45) is 5.10 Å². The van der Waals surface area contributed by atoms with E-state index in [1.54, 1.807) is 48.5 Å². The fourth-order valence-electron chi connectivity index (χ4n) is 3.15. The molecule has 33 heavy (non-hydrogen) atoms. The molecule has 4 aromatic carbocycles. The highest BCUT2D eigenvalue weighted by molar-refractivity contribution is 6.30. The van der Waals surface area contributed by atoms with E-state index in [9.17, 15) is 9.59 Å². The van der Waals surface area contributed by atoms with Crippen LogP contribution in [0.5, 0.6) is 11.5 Å². The first-order chi connectivity index (χ1) is 16.0. The number of hydrazone groups is 1. The number of amides is 1. The van der Waals surface area contributed by atoms with Crippen molar-refractivity contribution in [3.8, 4) is 11.5 Å². The molecule has 0 fully saturated rings. The quantitative estimate of drug-likeness (QED) is 0.179. The van der Waals surface area contributed by atoms with Gasteiger partial charge in [0, 0.05) is 10.6 Å². The maximum Gasteiger partial charge on any atom is 0.343 e. The number of nitrogens with zero attached hydrogens (tertiary/aromatic N) is 1. The second-order valence-corrected chi connectivity index (χ2v) is 7.50. The number of benzene rings is 4. The highest BCUT2D eigenvalue weighted by Gasteiger charge is 2.13. The van der Waals surface area contributed by atoms with Gasteiger partial charge in [-0.05, 0) is 70.9 Å². The number of fused-ring (bicyclic) bond motifs is 1. The first-order valence-corrected chi connectivity index (χ1v) is 10.4. The molecule has 1 amide bonds. The van der Waals surface area contributed by atoms with Crippen molar-refractivity contribution in [1.82, 2.24) is 5.43 Å². The summed E-state index contributed by atoms with van der Waals surface area (Å²) in [5.74, 6) is -0.247. The third-order valence-corrected chi connectivity index (χ3v) is 5.11. The van der Waals surface area contributed by atoms with E-state index in [2.05, 4.69) is 10.5 Å². The van der Waals surface area contributed by atoms with E-state index in [1.165, 1.54) is 13.3 Å². The van der Waals surface area contributed by atoms with Crippen molar-refractivity contribution in [2.45, 2.75) is 0 Å². The van der Waals surface area contributed by atoms with Gasteiger partial charge in [-0.15, -0.1) is 0 Å². The second-order valence-electron chi connectivity index (χ2n) is 7.07. The molecular formula is C26H19ClN2O4. The fourth-order valence-corrected chi connectivity index (χ4v) is 3.28. The molecule has 0 saturated carbocycles. The molecule has 7 heteroatoms. The van der Waals surface area contributed by atoms with Crippen LogP contribution < -0.4 is 14.9 Å². The van der Waals surface area contributed by atoms with Crippen molar-refractivity contribution < 1.29 is 19.1 Å². The minimum atomic E-state index is -0.533. The van der Waals surface area contributed by atoms with Gasteiger partial charge < -0.3 is 9.47 Å². The Labute approximate surface area is 195 Å². The fraction of sp³-hybridized carbons (Fsp3) is 0.0385. The van der Waals surface area contributed by atoms with E-state index in [0.29, 0.717) is 27.5 Å². The molecule has 4 rings (SSSR count). The van der Waals surface area contributed by atoms with Crippen molar-refractivity contribution >= 4 is 40.5 Å². The van der Waals surface area contributed by atoms with E-state index in [-0.39, 0.29) is 11.7 Å². The van der Waals surface area contributed by atoms with Crippen LogP contribution in [0.2, 0.25) is 5.02 Å². The molecule has 0 aliphatic carbocycles. The van der Waals surface area contributed by atoms with Gasteiger partial charge in [0.2, 0.25) is 0 Å². The molecule has 1 N–H and O–H groups in total. The number of carbonyl (C=O) groups excluding carboxylic acids is 2. The predicted molar refractivity (Wildman–Crippen MR) is 128 cm³/mol. The number of hydrogen-bond acceptors (Lipinski definition) is 5. The van der Waals surface area contributed by atoms with Crippen LogP contribution in [0.3, 0.4) is 0 Å². The maximum absolute atomic E-state index is 12.4. The predicted octanol–water partition coefficient (Wildman–Crippen LogP) is 5.48. The van der Waals surface area contributed by atoms with Crippen LogP contribution in [0, 0.1) is 0 Å². The lowest BCUT2D eigenvalue weighted by atomic mass is 10.1. The lowest BCUT2D eigenvalue weighted by Crippen LogP contribution is -2.17. The van der Waals surface area contributed by atoms with Gasteiger partial charge in [0.1, 0.15) is 0 Å². The zero-order chi connectivity index (χ0) is 23.2. The highest BCUT2D eigenvalue weighted by Crippen LogP contribution is 2.28. The summed E-state index contributed by atoms with van der Waals surface area (Å²) >= 11 is 5.85. The van der Waals surface area contributed by atoms with Crippen LogP contribution in [-0.2, 0) is 0 Å². The normalized spacial score (nSPS) is 10.8. The SMILES string of the molecule is COc1cc(/C=N\NC(=O)c2ccc3ccccc3c2)ccc1OC(=O)c1ccc(Cl)cc1. The summed E-state index contributed by atoms with van der Waals surface area (Å²) < 4.78 is 10.8. The summed E-state index contributed by atoms with van der Waals surface area (Å²) in [6, 6.07) is 24.6. The number of ether oxygens (including phenoxy) is 2. The number of methoxy groups -OCH3 is 1. The van der Waals surface area contributed by atoms with E-state index < -0.39 is 5.97 Å². The van der Waals surface area contributed by atoms with E-state index in [1.807, 2.05) is 36.4 Å². The summed E-state index contributed by atoms with van der Waals surface area (Å²) in [5.41, 5.74) is 4.04. The summed E-state index contributed by atoms with van der Waals surface area (Å²) in [7, 11) is 1.47. The Kier molecular flexibility index (Phi) is 6.66. The van der Waals surface area contributed by atoms with Crippen LogP contribution in [0.25, 0.3) is 10.8 Å². The molecule has 164 valence electrons. The summed E-state index contributed by atoms with van der Waals surface area (Å²) in [4.78, 5) is 24.8. The number of rotatable bonds is 6. The van der Waals surface area contributed by atoms with Gasteiger partial charge in [0.05, 0.1) is 18.9 Å². The molecule has 0 spiro atoms. The van der Waals surface area contributed by atoms with Crippen molar-refractivity contribution in [3.05, 3.63) is 107 Å². The largest absolute Gasteiger partial charge is 0.493 e. The van der Waals surface area contributed by atoms with Crippen molar-refractivity contribution in [2.75, 3.05) is 7.11 Å². The lowest BCUT2D eigenvalue weighted by molar-refractivity contribution is 0.0729. The number of hydrogen-bond donors (Lipinski definition) is 1. The summed E-state index contributed by atoms with van der Waals surface area (Å²) in [6.45, 7) is 0. The molecule has 0 radical (unpaired) electrons. The van der Waals surface area contributed by atoms with Crippen LogP contribution >= 0.6 is 11.6 Å². The zero-order valence-electron chi connectivity index (χ0n) is 17.6. The minimum absolute atomic E-state index is 0.259. The third kappa shape index (κ3) is 5.37. The molecule has 0 atom stereocenters. The van der Waals surface area contributed by atoms with Crippen molar-refractivity contribution in [3.63, 3.8) is 0 Å². The van der Waals surface area contributed by atoms with Crippen molar-refractivity contribution in [1.29, 1.82) is 0 Å². The van der Waals surface area contributed by atoms with Gasteiger partial charge in [-0.2, -0.15) is 5.10 Å². The van der Waals surface area contributed by atoms with Crippen LogP contribution in [0.4, 0.5) is 0 Å². The molecule has 0 heterocycles. The first-order valence-electron chi connectivity index (χ1n) is 10.0. The number of nitrogens with one attached hydrogen (secondary N) is 1. The molecule has 0 aromatic heterocycles. The summed E-state index contributed by atoms with van der Waals surface area (Å²) in [5, 5.41) is 6.58. The smallest absolute Gasteiger partial charge is 0.343 e. The minimum Gasteiger partial charge on any atom is -0.493 e. The van der Waals surface area contributed by atoms with Gasteiger partial charge in [0.15, 0.2) is 11.5 Å². The third-order valence-electron chi connectivity index (χ3n) is 4.86. The van der Waals surface area contributed by atoms with E-state index in [4.69, 9.17) is 21.1 Å². The Morgan fingerprint density at radius 1 is 0.848 bits per heavy atom. The number of esters is 1. The molecule has 6 nitrogen and oxygen atoms in total.